The first kappa shape index (κ1) is 19.1. The second-order valence-electron chi connectivity index (χ2n) is 5.77. The monoisotopic (exact) mass is 383 g/mol. The lowest BCUT2D eigenvalue weighted by Gasteiger charge is -2.12. The Morgan fingerprint density at radius 1 is 1.00 bits per heavy atom. The minimum absolute atomic E-state index is 0.409. The van der Waals surface area contributed by atoms with Gasteiger partial charge in [-0.05, 0) is 30.3 Å². The molecule has 0 saturated carbocycles. The molecule has 0 spiro atoms. The number of nitrogens with one attached hydrogen (secondary N) is 1. The van der Waals surface area contributed by atoms with Gasteiger partial charge >= 0.3 is 6.09 Å². The molecule has 0 fully saturated rings. The molecule has 0 bridgehead atoms. The normalized spacial score (nSPS) is 10.2. The number of carbonyl (C=O) groups is 1. The predicted octanol–water partition coefficient (Wildman–Crippen LogP) is 3.57. The van der Waals surface area contributed by atoms with Crippen molar-refractivity contribution >= 4 is 11.8 Å². The molecule has 2 aromatic carbocycles. The first-order valence-electron chi connectivity index (χ1n) is 8.48. The number of aromatic nitrogens is 2. The van der Waals surface area contributed by atoms with E-state index in [-0.39, 0.29) is 0 Å². The largest absolute Gasteiger partial charge is 0.497 e. The van der Waals surface area contributed by atoms with E-state index < -0.39 is 6.09 Å². The molecule has 0 unspecified atom stereocenters. The van der Waals surface area contributed by atoms with Crippen LogP contribution in [0, 0.1) is 0 Å². The molecule has 3 aromatic rings. The van der Waals surface area contributed by atoms with Crippen molar-refractivity contribution in [2.75, 3.05) is 26.6 Å². The summed E-state index contributed by atoms with van der Waals surface area (Å²) in [6.45, 7) is 0.454. The van der Waals surface area contributed by atoms with E-state index in [4.69, 9.17) is 18.9 Å². The smallest absolute Gasteiger partial charge is 0.417 e. The van der Waals surface area contributed by atoms with Gasteiger partial charge in [0.05, 0.1) is 39.8 Å². The molecule has 0 aliphatic heterocycles. The van der Waals surface area contributed by atoms with Gasteiger partial charge in [0.1, 0.15) is 11.5 Å². The number of benzene rings is 2. The van der Waals surface area contributed by atoms with Crippen LogP contribution in [0.15, 0.2) is 54.9 Å². The number of anilines is 1. The van der Waals surface area contributed by atoms with E-state index in [9.17, 15) is 4.79 Å². The van der Waals surface area contributed by atoms with Crippen LogP contribution in [0.2, 0.25) is 0 Å². The van der Waals surface area contributed by atoms with Crippen molar-refractivity contribution in [2.24, 2.45) is 0 Å². The summed E-state index contributed by atoms with van der Waals surface area (Å²) in [7, 11) is 4.75. The number of rotatable bonds is 7. The van der Waals surface area contributed by atoms with Gasteiger partial charge in [-0.3, -0.25) is 10.00 Å². The van der Waals surface area contributed by atoms with Crippen molar-refractivity contribution in [2.45, 2.75) is 6.54 Å². The molecule has 146 valence electrons. The van der Waals surface area contributed by atoms with Crippen LogP contribution in [-0.2, 0) is 6.54 Å². The zero-order valence-corrected chi connectivity index (χ0v) is 15.8. The summed E-state index contributed by atoms with van der Waals surface area (Å²) < 4.78 is 22.7. The number of methoxy groups -OCH3 is 3. The maximum absolute atomic E-state index is 12.0. The molecule has 0 radical (unpaired) electrons. The van der Waals surface area contributed by atoms with Gasteiger partial charge in [0, 0.05) is 11.8 Å². The second-order valence-corrected chi connectivity index (χ2v) is 5.77. The van der Waals surface area contributed by atoms with Gasteiger partial charge in [-0.1, -0.05) is 12.1 Å². The van der Waals surface area contributed by atoms with Crippen LogP contribution in [0.4, 0.5) is 10.5 Å². The Hall–Kier alpha value is -3.68. The molecule has 1 amide bonds. The minimum atomic E-state index is -0.608. The Morgan fingerprint density at radius 3 is 2.43 bits per heavy atom. The van der Waals surface area contributed by atoms with Gasteiger partial charge in [0.2, 0.25) is 0 Å². The minimum Gasteiger partial charge on any atom is -0.497 e. The van der Waals surface area contributed by atoms with E-state index in [1.54, 1.807) is 62.7 Å². The number of ether oxygens (including phenoxy) is 4. The number of amides is 1. The Morgan fingerprint density at radius 2 is 1.75 bits per heavy atom. The van der Waals surface area contributed by atoms with E-state index in [1.165, 1.54) is 0 Å². The summed E-state index contributed by atoms with van der Waals surface area (Å²) in [5, 5.41) is 6.90. The zero-order valence-electron chi connectivity index (χ0n) is 15.8. The number of nitrogens with zero attached hydrogens (tertiary/aromatic N) is 2. The summed E-state index contributed by atoms with van der Waals surface area (Å²) in [6, 6.07) is 12.4. The van der Waals surface area contributed by atoms with Crippen LogP contribution in [0.1, 0.15) is 5.56 Å². The molecular formula is C20H21N3O5. The highest BCUT2D eigenvalue weighted by Gasteiger charge is 2.12. The van der Waals surface area contributed by atoms with Crippen LogP contribution in [0.3, 0.4) is 0 Å². The molecule has 1 N–H and O–H groups in total. The molecule has 0 atom stereocenters. The van der Waals surface area contributed by atoms with Gasteiger partial charge in [0.15, 0.2) is 11.5 Å². The Kier molecular flexibility index (Phi) is 6.01. The highest BCUT2D eigenvalue weighted by Crippen LogP contribution is 2.31. The van der Waals surface area contributed by atoms with E-state index in [1.807, 2.05) is 18.2 Å². The fourth-order valence-corrected chi connectivity index (χ4v) is 2.66. The lowest BCUT2D eigenvalue weighted by atomic mass is 10.2. The van der Waals surface area contributed by atoms with Gasteiger partial charge in [-0.15, -0.1) is 0 Å². The Bertz CT molecular complexity index is 937. The summed E-state index contributed by atoms with van der Waals surface area (Å²) in [5.74, 6) is 2.39. The highest BCUT2D eigenvalue weighted by molar-refractivity contribution is 5.85. The predicted molar refractivity (Wildman–Crippen MR) is 104 cm³/mol. The zero-order chi connectivity index (χ0) is 19.9. The molecule has 8 heteroatoms. The van der Waals surface area contributed by atoms with E-state index in [0.29, 0.717) is 35.2 Å². The molecule has 28 heavy (non-hydrogen) atoms. The Labute approximate surface area is 162 Å². The van der Waals surface area contributed by atoms with Crippen LogP contribution >= 0.6 is 0 Å². The van der Waals surface area contributed by atoms with E-state index >= 15 is 0 Å². The van der Waals surface area contributed by atoms with Crippen molar-refractivity contribution in [1.82, 2.24) is 9.78 Å². The van der Waals surface area contributed by atoms with Crippen molar-refractivity contribution in [3.63, 3.8) is 0 Å². The topological polar surface area (TPSA) is 83.8 Å². The number of para-hydroxylation sites is 1. The molecule has 0 aliphatic rings. The van der Waals surface area contributed by atoms with Crippen LogP contribution in [-0.4, -0.2) is 37.2 Å². The lowest BCUT2D eigenvalue weighted by Crippen LogP contribution is -2.16. The summed E-state index contributed by atoms with van der Waals surface area (Å²) in [5.41, 5.74) is 1.41. The second kappa shape index (κ2) is 8.81. The lowest BCUT2D eigenvalue weighted by molar-refractivity contribution is 0.215. The third kappa shape index (κ3) is 4.53. The maximum atomic E-state index is 12.0. The SMILES string of the molecule is COc1ccc(OC(=O)Nc2cnn(Cc3cccc(OC)c3OC)c2)cc1. The fraction of sp³-hybridized carbons (Fsp3) is 0.200. The number of carbonyl (C=O) groups excluding carboxylic acids is 1. The maximum Gasteiger partial charge on any atom is 0.417 e. The van der Waals surface area contributed by atoms with Crippen molar-refractivity contribution in [1.29, 1.82) is 0 Å². The van der Waals surface area contributed by atoms with E-state index in [0.717, 1.165) is 5.56 Å². The van der Waals surface area contributed by atoms with Crippen LogP contribution in [0.25, 0.3) is 0 Å². The third-order valence-electron chi connectivity index (χ3n) is 3.97. The molecule has 0 saturated heterocycles. The summed E-state index contributed by atoms with van der Waals surface area (Å²) in [4.78, 5) is 12.0. The molecule has 0 aliphatic carbocycles. The fourth-order valence-electron chi connectivity index (χ4n) is 2.66. The Balaban J connectivity index is 1.63. The quantitative estimate of drug-likeness (QED) is 0.672. The summed E-state index contributed by atoms with van der Waals surface area (Å²) in [6.07, 6.45) is 2.64. The average Bonchev–Trinajstić information content (AvgIpc) is 3.14. The van der Waals surface area contributed by atoms with Gasteiger partial charge in [0.25, 0.3) is 0 Å². The highest BCUT2D eigenvalue weighted by atomic mass is 16.6. The first-order chi connectivity index (χ1) is 13.6. The van der Waals surface area contributed by atoms with Gasteiger partial charge < -0.3 is 18.9 Å². The average molecular weight is 383 g/mol. The molecule has 1 aromatic heterocycles. The van der Waals surface area contributed by atoms with Gasteiger partial charge in [-0.25, -0.2) is 4.79 Å². The number of hydrogen-bond acceptors (Lipinski definition) is 6. The van der Waals surface area contributed by atoms with Gasteiger partial charge in [-0.2, -0.15) is 5.10 Å². The van der Waals surface area contributed by atoms with Crippen molar-refractivity contribution < 1.29 is 23.7 Å². The van der Waals surface area contributed by atoms with Crippen LogP contribution in [0.5, 0.6) is 23.0 Å². The molecule has 1 heterocycles. The first-order valence-corrected chi connectivity index (χ1v) is 8.48. The van der Waals surface area contributed by atoms with Crippen LogP contribution < -0.4 is 24.3 Å². The van der Waals surface area contributed by atoms with E-state index in [2.05, 4.69) is 10.4 Å². The third-order valence-corrected chi connectivity index (χ3v) is 3.97. The van der Waals surface area contributed by atoms with Crippen molar-refractivity contribution in [3.05, 3.63) is 60.4 Å². The summed E-state index contributed by atoms with van der Waals surface area (Å²) >= 11 is 0. The van der Waals surface area contributed by atoms with Crippen molar-refractivity contribution in [3.8, 4) is 23.0 Å². The molecule has 3 rings (SSSR count). The number of hydrogen-bond donors (Lipinski definition) is 1. The molecular weight excluding hydrogens is 362 g/mol. The molecule has 8 nitrogen and oxygen atoms in total. The standard InChI is InChI=1S/C20H21N3O5/c1-25-16-7-9-17(10-8-16)28-20(24)22-15-11-21-23(13-15)12-14-5-4-6-18(26-2)19(14)27-3/h4-11,13H,12H2,1-3H3,(H,22,24).